The molecule has 0 aliphatic heterocycles. The van der Waals surface area contributed by atoms with Crippen molar-refractivity contribution in [3.8, 4) is 6.07 Å². The first-order chi connectivity index (χ1) is 13.4. The zero-order chi connectivity index (χ0) is 22.1. The number of anilines is 1. The van der Waals surface area contributed by atoms with Gasteiger partial charge in [-0.3, -0.25) is 25.0 Å². The number of carbonyl (C=O) groups is 1. The number of nitriles is 1. The zero-order valence-corrected chi connectivity index (χ0v) is 15.0. The van der Waals surface area contributed by atoms with Gasteiger partial charge in [0.25, 0.3) is 5.91 Å². The number of carbonyl (C=O) groups excluding carboxylic acids is 1. The molecule has 0 aliphatic rings. The van der Waals surface area contributed by atoms with Gasteiger partial charge in [0.05, 0.1) is 21.0 Å². The number of rotatable bonds is 4. The molecule has 0 saturated heterocycles. The number of nitrogens with zero attached hydrogens (tertiary/aromatic N) is 3. The molecule has 0 saturated carbocycles. The summed E-state index contributed by atoms with van der Waals surface area (Å²) in [6, 6.07) is 4.25. The molecule has 0 aliphatic carbocycles. The van der Waals surface area contributed by atoms with Crippen molar-refractivity contribution in [2.45, 2.75) is 13.1 Å². The molecule has 2 aromatic carbocycles. The van der Waals surface area contributed by atoms with E-state index in [1.165, 1.54) is 13.0 Å². The van der Waals surface area contributed by atoms with Gasteiger partial charge in [0.1, 0.15) is 11.1 Å². The summed E-state index contributed by atoms with van der Waals surface area (Å²) >= 11 is 5.75. The molecular formula is C16H8ClF3N4O5. The van der Waals surface area contributed by atoms with E-state index < -0.39 is 55.1 Å². The second-order valence-corrected chi connectivity index (χ2v) is 5.97. The van der Waals surface area contributed by atoms with E-state index in [2.05, 4.69) is 0 Å². The quantitative estimate of drug-likeness (QED) is 0.557. The van der Waals surface area contributed by atoms with E-state index in [-0.39, 0.29) is 11.1 Å². The first-order valence-electron chi connectivity index (χ1n) is 7.43. The average Bonchev–Trinajstić information content (AvgIpc) is 2.60. The monoisotopic (exact) mass is 428 g/mol. The van der Waals surface area contributed by atoms with Gasteiger partial charge in [-0.25, -0.2) is 0 Å². The Balaban J connectivity index is 2.61. The minimum Gasteiger partial charge on any atom is -0.310 e. The normalized spacial score (nSPS) is 10.9. The van der Waals surface area contributed by atoms with Crippen LogP contribution in [-0.2, 0) is 6.18 Å². The summed E-state index contributed by atoms with van der Waals surface area (Å²) in [7, 11) is 0. The maximum absolute atomic E-state index is 12.8. The fourth-order valence-electron chi connectivity index (χ4n) is 2.43. The maximum Gasteiger partial charge on any atom is 0.416 e. The average molecular weight is 429 g/mol. The fraction of sp³-hybridized carbons (Fsp3) is 0.125. The first-order valence-corrected chi connectivity index (χ1v) is 7.80. The fourth-order valence-corrected chi connectivity index (χ4v) is 2.69. The summed E-state index contributed by atoms with van der Waals surface area (Å²) < 4.78 is 38.3. The molecular weight excluding hydrogens is 421 g/mol. The summed E-state index contributed by atoms with van der Waals surface area (Å²) in [5.74, 6) is -1.14. The molecule has 1 N–H and O–H groups in total. The van der Waals surface area contributed by atoms with Crippen LogP contribution < -0.4 is 5.32 Å². The number of hydrogen-bond donors (Lipinski definition) is 1. The zero-order valence-electron chi connectivity index (χ0n) is 14.2. The van der Waals surface area contributed by atoms with Crippen LogP contribution in [0.25, 0.3) is 0 Å². The molecule has 150 valence electrons. The van der Waals surface area contributed by atoms with Crippen LogP contribution in [0.4, 0.5) is 30.2 Å². The summed E-state index contributed by atoms with van der Waals surface area (Å²) in [6.07, 6.45) is -4.65. The number of aryl methyl sites for hydroxylation is 1. The molecule has 13 heteroatoms. The van der Waals surface area contributed by atoms with Gasteiger partial charge in [-0.2, -0.15) is 18.4 Å². The number of nitrogens with one attached hydrogen (secondary N) is 1. The number of halogens is 4. The Morgan fingerprint density at radius 1 is 1.21 bits per heavy atom. The van der Waals surface area contributed by atoms with Crippen LogP contribution in [0.2, 0.25) is 5.02 Å². The standard InChI is InChI=1S/C16H8ClF3N4O5/c1-7-4-9(16(18,19)20)2-3-10(7)15(25)22-13-11(23(26)27)5-8(6-21)12(17)14(13)24(28)29/h2-5H,1H3,(H,22,25). The molecule has 0 atom stereocenters. The smallest absolute Gasteiger partial charge is 0.310 e. The van der Waals surface area contributed by atoms with Crippen molar-refractivity contribution >= 4 is 34.6 Å². The highest BCUT2D eigenvalue weighted by Gasteiger charge is 2.34. The molecule has 0 heterocycles. The van der Waals surface area contributed by atoms with Crippen molar-refractivity contribution in [3.05, 3.63) is 71.8 Å². The molecule has 2 aromatic rings. The van der Waals surface area contributed by atoms with Crippen LogP contribution in [-0.4, -0.2) is 15.8 Å². The molecule has 0 spiro atoms. The lowest BCUT2D eigenvalue weighted by Gasteiger charge is -2.12. The third-order valence-electron chi connectivity index (χ3n) is 3.75. The third kappa shape index (κ3) is 4.25. The van der Waals surface area contributed by atoms with Crippen molar-refractivity contribution in [1.82, 2.24) is 0 Å². The Kier molecular flexibility index (Phi) is 5.75. The van der Waals surface area contributed by atoms with Crippen molar-refractivity contribution < 1.29 is 27.8 Å². The van der Waals surface area contributed by atoms with Crippen LogP contribution in [0, 0.1) is 38.5 Å². The highest BCUT2D eigenvalue weighted by atomic mass is 35.5. The Morgan fingerprint density at radius 2 is 1.83 bits per heavy atom. The molecule has 0 bridgehead atoms. The predicted octanol–water partition coefficient (Wildman–Crippen LogP) is 4.61. The third-order valence-corrected chi connectivity index (χ3v) is 4.14. The molecule has 2 rings (SSSR count). The van der Waals surface area contributed by atoms with E-state index in [9.17, 15) is 38.2 Å². The first kappa shape index (κ1) is 21.6. The van der Waals surface area contributed by atoms with E-state index in [0.717, 1.165) is 6.07 Å². The van der Waals surface area contributed by atoms with E-state index in [4.69, 9.17) is 16.9 Å². The molecule has 29 heavy (non-hydrogen) atoms. The van der Waals surface area contributed by atoms with E-state index in [1.807, 2.05) is 5.32 Å². The minimum absolute atomic E-state index is 0.123. The van der Waals surface area contributed by atoms with Crippen LogP contribution in [0.1, 0.15) is 27.0 Å². The predicted molar refractivity (Wildman–Crippen MR) is 93.6 cm³/mol. The summed E-state index contributed by atoms with van der Waals surface area (Å²) in [6.45, 7) is 1.19. The van der Waals surface area contributed by atoms with Crippen molar-refractivity contribution in [2.75, 3.05) is 5.32 Å². The van der Waals surface area contributed by atoms with Crippen molar-refractivity contribution in [2.24, 2.45) is 0 Å². The largest absolute Gasteiger partial charge is 0.416 e. The topological polar surface area (TPSA) is 139 Å². The Hall–Kier alpha value is -3.72. The number of amides is 1. The lowest BCUT2D eigenvalue weighted by Crippen LogP contribution is -2.17. The van der Waals surface area contributed by atoms with Gasteiger partial charge in [0.2, 0.25) is 5.69 Å². The highest BCUT2D eigenvalue weighted by Crippen LogP contribution is 2.42. The van der Waals surface area contributed by atoms with Crippen LogP contribution in [0.15, 0.2) is 24.3 Å². The van der Waals surface area contributed by atoms with E-state index >= 15 is 0 Å². The maximum atomic E-state index is 12.8. The van der Waals surface area contributed by atoms with Gasteiger partial charge in [0, 0.05) is 11.6 Å². The van der Waals surface area contributed by atoms with Gasteiger partial charge < -0.3 is 5.32 Å². The van der Waals surface area contributed by atoms with Crippen LogP contribution in [0.3, 0.4) is 0 Å². The SMILES string of the molecule is Cc1cc(C(F)(F)F)ccc1C(=O)Nc1c([N+](=O)[O-])cc(C#N)c(Cl)c1[N+](=O)[O-]. The molecule has 0 radical (unpaired) electrons. The Bertz CT molecular complexity index is 1100. The lowest BCUT2D eigenvalue weighted by atomic mass is 10.0. The Labute approximate surface area is 164 Å². The van der Waals surface area contributed by atoms with Crippen molar-refractivity contribution in [1.29, 1.82) is 5.26 Å². The van der Waals surface area contributed by atoms with E-state index in [0.29, 0.717) is 18.2 Å². The molecule has 0 unspecified atom stereocenters. The second-order valence-electron chi connectivity index (χ2n) is 5.59. The number of alkyl halides is 3. The minimum atomic E-state index is -4.65. The van der Waals surface area contributed by atoms with Crippen LogP contribution >= 0.6 is 11.6 Å². The van der Waals surface area contributed by atoms with Gasteiger partial charge in [0.15, 0.2) is 0 Å². The second kappa shape index (κ2) is 7.72. The van der Waals surface area contributed by atoms with Gasteiger partial charge in [-0.15, -0.1) is 0 Å². The van der Waals surface area contributed by atoms with Gasteiger partial charge >= 0.3 is 17.6 Å². The van der Waals surface area contributed by atoms with E-state index in [1.54, 1.807) is 0 Å². The Morgan fingerprint density at radius 3 is 2.28 bits per heavy atom. The summed E-state index contributed by atoms with van der Waals surface area (Å²) in [5.41, 5.74) is -4.97. The molecule has 0 fully saturated rings. The molecule has 0 aromatic heterocycles. The van der Waals surface area contributed by atoms with Gasteiger partial charge in [-0.05, 0) is 30.7 Å². The lowest BCUT2D eigenvalue weighted by molar-refractivity contribution is -0.392. The summed E-state index contributed by atoms with van der Waals surface area (Å²) in [5, 5.41) is 32.8. The summed E-state index contributed by atoms with van der Waals surface area (Å²) in [4.78, 5) is 32.9. The molecule has 1 amide bonds. The molecule has 9 nitrogen and oxygen atoms in total. The number of nitro benzene ring substituents is 2. The number of nitro groups is 2. The highest BCUT2D eigenvalue weighted by molar-refractivity contribution is 6.35. The van der Waals surface area contributed by atoms with Crippen LogP contribution in [0.5, 0.6) is 0 Å². The number of hydrogen-bond acceptors (Lipinski definition) is 6. The number of benzene rings is 2. The van der Waals surface area contributed by atoms with Gasteiger partial charge in [-0.1, -0.05) is 11.6 Å². The van der Waals surface area contributed by atoms with Crippen molar-refractivity contribution in [3.63, 3.8) is 0 Å².